The number of amides is 2. The molecule has 1 aliphatic rings. The maximum Gasteiger partial charge on any atom is 0.246 e. The van der Waals surface area contributed by atoms with Gasteiger partial charge in [0.05, 0.1) is 12.5 Å². The van der Waals surface area contributed by atoms with Gasteiger partial charge in [0.25, 0.3) is 0 Å². The van der Waals surface area contributed by atoms with Gasteiger partial charge < -0.3 is 10.4 Å². The standard InChI is InChI=1S/C12H13FN2O3/c1-15-11(17)5-9(12(15)18)14-6-7-4-8(13)2-3-10(7)16/h2-4,9,14,16H,5-6H2,1H3. The van der Waals surface area contributed by atoms with Crippen molar-refractivity contribution in [2.75, 3.05) is 7.05 Å². The molecule has 2 rings (SSSR count). The van der Waals surface area contributed by atoms with Gasteiger partial charge in [-0.1, -0.05) is 0 Å². The van der Waals surface area contributed by atoms with Crippen molar-refractivity contribution in [2.24, 2.45) is 0 Å². The Balaban J connectivity index is 2.02. The first-order valence-electron chi connectivity index (χ1n) is 5.50. The van der Waals surface area contributed by atoms with Gasteiger partial charge >= 0.3 is 0 Å². The fourth-order valence-corrected chi connectivity index (χ4v) is 1.84. The fourth-order valence-electron chi connectivity index (χ4n) is 1.84. The lowest BCUT2D eigenvalue weighted by molar-refractivity contribution is -0.137. The van der Waals surface area contributed by atoms with E-state index in [9.17, 15) is 19.1 Å². The molecule has 0 spiro atoms. The van der Waals surface area contributed by atoms with Gasteiger partial charge in [0, 0.05) is 19.2 Å². The molecule has 1 fully saturated rings. The van der Waals surface area contributed by atoms with E-state index < -0.39 is 11.9 Å². The van der Waals surface area contributed by atoms with Crippen molar-refractivity contribution < 1.29 is 19.1 Å². The Kier molecular flexibility index (Phi) is 3.29. The summed E-state index contributed by atoms with van der Waals surface area (Å²) in [5.41, 5.74) is 0.352. The van der Waals surface area contributed by atoms with Gasteiger partial charge in [-0.05, 0) is 18.2 Å². The summed E-state index contributed by atoms with van der Waals surface area (Å²) in [5.74, 6) is -1.07. The number of phenols is 1. The fraction of sp³-hybridized carbons (Fsp3) is 0.333. The molecule has 0 saturated carbocycles. The number of carbonyl (C=O) groups is 2. The maximum absolute atomic E-state index is 13.0. The van der Waals surface area contributed by atoms with E-state index in [1.54, 1.807) is 0 Å². The zero-order valence-corrected chi connectivity index (χ0v) is 9.81. The average Bonchev–Trinajstić information content (AvgIpc) is 2.58. The molecule has 5 nitrogen and oxygen atoms in total. The number of halogens is 1. The molecule has 0 aromatic heterocycles. The number of nitrogens with one attached hydrogen (secondary N) is 1. The van der Waals surface area contributed by atoms with Gasteiger partial charge in [-0.3, -0.25) is 14.5 Å². The number of hydrogen-bond acceptors (Lipinski definition) is 4. The SMILES string of the molecule is CN1C(=O)CC(NCc2cc(F)ccc2O)C1=O. The molecular weight excluding hydrogens is 239 g/mol. The van der Waals surface area contributed by atoms with E-state index in [-0.39, 0.29) is 30.5 Å². The first kappa shape index (κ1) is 12.5. The topological polar surface area (TPSA) is 69.6 Å². The molecule has 1 atom stereocenters. The van der Waals surface area contributed by atoms with Crippen LogP contribution in [0.1, 0.15) is 12.0 Å². The van der Waals surface area contributed by atoms with Crippen LogP contribution in [0.15, 0.2) is 18.2 Å². The molecule has 6 heteroatoms. The smallest absolute Gasteiger partial charge is 0.246 e. The van der Waals surface area contributed by atoms with E-state index >= 15 is 0 Å². The highest BCUT2D eigenvalue weighted by atomic mass is 19.1. The van der Waals surface area contributed by atoms with Crippen LogP contribution < -0.4 is 5.32 Å². The van der Waals surface area contributed by atoms with Crippen molar-refractivity contribution in [1.82, 2.24) is 10.2 Å². The maximum atomic E-state index is 13.0. The summed E-state index contributed by atoms with van der Waals surface area (Å²) in [4.78, 5) is 23.9. The van der Waals surface area contributed by atoms with E-state index in [0.717, 1.165) is 11.0 Å². The Morgan fingerprint density at radius 2 is 2.22 bits per heavy atom. The van der Waals surface area contributed by atoms with E-state index in [1.165, 1.54) is 19.2 Å². The highest BCUT2D eigenvalue weighted by Crippen LogP contribution is 2.18. The lowest BCUT2D eigenvalue weighted by Gasteiger charge is -2.11. The average molecular weight is 252 g/mol. The number of hydrogen-bond donors (Lipinski definition) is 2. The second-order valence-corrected chi connectivity index (χ2v) is 4.20. The molecule has 2 N–H and O–H groups in total. The first-order valence-corrected chi connectivity index (χ1v) is 5.50. The molecule has 96 valence electrons. The minimum absolute atomic E-state index is 0.0472. The number of likely N-dealkylation sites (N-methyl/N-ethyl adjacent to an activating group) is 1. The summed E-state index contributed by atoms with van der Waals surface area (Å²) in [6.45, 7) is 0.126. The molecule has 1 heterocycles. The van der Waals surface area contributed by atoms with Crippen LogP contribution in [0.4, 0.5) is 4.39 Å². The molecule has 1 aromatic carbocycles. The normalized spacial score (nSPS) is 19.7. The van der Waals surface area contributed by atoms with Crippen molar-refractivity contribution in [2.45, 2.75) is 19.0 Å². The summed E-state index contributed by atoms with van der Waals surface area (Å²) in [5, 5.41) is 12.3. The van der Waals surface area contributed by atoms with Crippen LogP contribution in [-0.4, -0.2) is 34.9 Å². The third kappa shape index (κ3) is 2.33. The van der Waals surface area contributed by atoms with Crippen LogP contribution in [0.3, 0.4) is 0 Å². The number of nitrogens with zero attached hydrogens (tertiary/aromatic N) is 1. The Bertz CT molecular complexity index is 504. The van der Waals surface area contributed by atoms with Gasteiger partial charge in [0.15, 0.2) is 0 Å². The predicted molar refractivity (Wildman–Crippen MR) is 61.1 cm³/mol. The molecule has 0 radical (unpaired) electrons. The lowest BCUT2D eigenvalue weighted by Crippen LogP contribution is -2.36. The number of likely N-dealkylation sites (tertiary alicyclic amines) is 1. The number of phenolic OH excluding ortho intramolecular Hbond substituents is 1. The molecule has 1 aliphatic heterocycles. The monoisotopic (exact) mass is 252 g/mol. The van der Waals surface area contributed by atoms with Crippen LogP contribution in [-0.2, 0) is 16.1 Å². The summed E-state index contributed by atoms with van der Waals surface area (Å²) in [6.07, 6.45) is 0.0887. The van der Waals surface area contributed by atoms with Crippen LogP contribution in [0.2, 0.25) is 0 Å². The van der Waals surface area contributed by atoms with Gasteiger partial charge in [0.1, 0.15) is 11.6 Å². The second kappa shape index (κ2) is 4.73. The third-order valence-corrected chi connectivity index (χ3v) is 2.96. The molecule has 1 saturated heterocycles. The largest absolute Gasteiger partial charge is 0.508 e. The molecule has 18 heavy (non-hydrogen) atoms. The Hall–Kier alpha value is -1.95. The second-order valence-electron chi connectivity index (χ2n) is 4.20. The number of imide groups is 1. The first-order chi connectivity index (χ1) is 8.49. The minimum Gasteiger partial charge on any atom is -0.508 e. The molecular formula is C12H13FN2O3. The summed E-state index contributed by atoms with van der Waals surface area (Å²) >= 11 is 0. The van der Waals surface area contributed by atoms with Crippen molar-refractivity contribution in [3.63, 3.8) is 0 Å². The van der Waals surface area contributed by atoms with Crippen LogP contribution in [0.25, 0.3) is 0 Å². The Morgan fingerprint density at radius 3 is 2.83 bits per heavy atom. The zero-order valence-electron chi connectivity index (χ0n) is 9.81. The predicted octanol–water partition coefficient (Wildman–Crippen LogP) is 0.378. The summed E-state index contributed by atoms with van der Waals surface area (Å²) < 4.78 is 13.0. The molecule has 2 amide bonds. The van der Waals surface area contributed by atoms with Crippen molar-refractivity contribution >= 4 is 11.8 Å². The highest BCUT2D eigenvalue weighted by molar-refractivity contribution is 6.05. The van der Waals surface area contributed by atoms with Crippen molar-refractivity contribution in [3.8, 4) is 5.75 Å². The van der Waals surface area contributed by atoms with Gasteiger partial charge in [-0.2, -0.15) is 0 Å². The number of benzene rings is 1. The molecule has 0 aliphatic carbocycles. The molecule has 0 bridgehead atoms. The van der Waals surface area contributed by atoms with Crippen LogP contribution in [0.5, 0.6) is 5.75 Å². The van der Waals surface area contributed by atoms with E-state index in [4.69, 9.17) is 0 Å². The minimum atomic E-state index is -0.606. The summed E-state index contributed by atoms with van der Waals surface area (Å²) in [6, 6.07) is 2.98. The quantitative estimate of drug-likeness (QED) is 0.763. The van der Waals surface area contributed by atoms with E-state index in [1.807, 2.05) is 0 Å². The lowest BCUT2D eigenvalue weighted by atomic mass is 10.1. The number of rotatable bonds is 3. The van der Waals surface area contributed by atoms with Gasteiger partial charge in [-0.25, -0.2) is 4.39 Å². The highest BCUT2D eigenvalue weighted by Gasteiger charge is 2.35. The zero-order chi connectivity index (χ0) is 13.3. The number of carbonyl (C=O) groups excluding carboxylic acids is 2. The van der Waals surface area contributed by atoms with E-state index in [0.29, 0.717) is 5.56 Å². The van der Waals surface area contributed by atoms with Crippen LogP contribution >= 0.6 is 0 Å². The third-order valence-electron chi connectivity index (χ3n) is 2.96. The van der Waals surface area contributed by atoms with Crippen molar-refractivity contribution in [1.29, 1.82) is 0 Å². The number of aromatic hydroxyl groups is 1. The van der Waals surface area contributed by atoms with Crippen molar-refractivity contribution in [3.05, 3.63) is 29.6 Å². The van der Waals surface area contributed by atoms with Crippen LogP contribution in [0, 0.1) is 5.82 Å². The Morgan fingerprint density at radius 1 is 1.50 bits per heavy atom. The van der Waals surface area contributed by atoms with Gasteiger partial charge in [0.2, 0.25) is 11.8 Å². The van der Waals surface area contributed by atoms with E-state index in [2.05, 4.69) is 5.32 Å². The molecule has 1 aromatic rings. The van der Waals surface area contributed by atoms with Gasteiger partial charge in [-0.15, -0.1) is 0 Å². The summed E-state index contributed by atoms with van der Waals surface area (Å²) in [7, 11) is 1.42. The molecule has 1 unspecified atom stereocenters. The Labute approximate surface area is 103 Å².